The van der Waals surface area contributed by atoms with Gasteiger partial charge in [-0.25, -0.2) is 9.37 Å². The molecule has 2 heterocycles. The van der Waals surface area contributed by atoms with Gasteiger partial charge in [-0.3, -0.25) is 4.79 Å². The van der Waals surface area contributed by atoms with Gasteiger partial charge < -0.3 is 10.6 Å². The number of nitrogens with one attached hydrogen (secondary N) is 2. The zero-order valence-electron chi connectivity index (χ0n) is 10.9. The van der Waals surface area contributed by atoms with E-state index < -0.39 is 0 Å². The Bertz CT molecular complexity index is 640. The van der Waals surface area contributed by atoms with E-state index in [0.717, 1.165) is 24.1 Å². The van der Waals surface area contributed by atoms with Crippen molar-refractivity contribution in [3.8, 4) is 0 Å². The van der Waals surface area contributed by atoms with Crippen molar-refractivity contribution in [2.24, 2.45) is 0 Å². The summed E-state index contributed by atoms with van der Waals surface area (Å²) in [5.74, 6) is -0.331. The fourth-order valence-corrected chi connectivity index (χ4v) is 3.18. The van der Waals surface area contributed by atoms with Crippen molar-refractivity contribution in [2.75, 3.05) is 11.9 Å². The number of carbonyl (C=O) groups is 1. The predicted molar refractivity (Wildman–Crippen MR) is 81.2 cm³/mol. The van der Waals surface area contributed by atoms with Crippen LogP contribution in [-0.2, 0) is 4.79 Å². The smallest absolute Gasteiger partial charge is 0.243 e. The molecule has 1 fully saturated rings. The van der Waals surface area contributed by atoms with Crippen LogP contribution in [-0.4, -0.2) is 23.5 Å². The third kappa shape index (κ3) is 2.77. The van der Waals surface area contributed by atoms with E-state index >= 15 is 0 Å². The van der Waals surface area contributed by atoms with Crippen molar-refractivity contribution < 1.29 is 9.18 Å². The zero-order chi connectivity index (χ0) is 13.4. The van der Waals surface area contributed by atoms with Gasteiger partial charge in [-0.05, 0) is 38.4 Å². The normalized spacial score (nSPS) is 18.0. The Balaban J connectivity index is 0.00000147. The molecule has 1 aromatic heterocycles. The highest BCUT2D eigenvalue weighted by atomic mass is 35.5. The van der Waals surface area contributed by atoms with Gasteiger partial charge in [0.15, 0.2) is 5.13 Å². The summed E-state index contributed by atoms with van der Waals surface area (Å²) in [5.41, 5.74) is 1.15. The van der Waals surface area contributed by atoms with Crippen molar-refractivity contribution in [3.63, 3.8) is 0 Å². The van der Waals surface area contributed by atoms with E-state index in [0.29, 0.717) is 16.2 Å². The highest BCUT2D eigenvalue weighted by Gasteiger charge is 2.23. The van der Waals surface area contributed by atoms with Crippen LogP contribution in [0.5, 0.6) is 0 Å². The second-order valence-corrected chi connectivity index (χ2v) is 5.71. The van der Waals surface area contributed by atoms with Crippen molar-refractivity contribution in [2.45, 2.75) is 25.8 Å². The summed E-state index contributed by atoms with van der Waals surface area (Å²) < 4.78 is 14.3. The summed E-state index contributed by atoms with van der Waals surface area (Å²) in [7, 11) is 0. The Labute approximate surface area is 126 Å². The minimum absolute atomic E-state index is 0. The third-order valence-electron chi connectivity index (χ3n) is 3.35. The maximum absolute atomic E-state index is 13.4. The standard InChI is InChI=1S/C13H14FN3OS.ClH/c1-7-8(14)4-5-10-11(7)16-13(19-10)17-12(18)9-3-2-6-15-9;/h4-5,9,15H,2-3,6H2,1H3,(H,16,17,18);1H. The number of halogens is 2. The SMILES string of the molecule is Cc1c(F)ccc2sc(NC(=O)C3CCCN3)nc12.Cl. The van der Waals surface area contributed by atoms with Gasteiger partial charge in [0.05, 0.1) is 16.3 Å². The molecule has 0 bridgehead atoms. The third-order valence-corrected chi connectivity index (χ3v) is 4.29. The lowest BCUT2D eigenvalue weighted by Gasteiger charge is -2.08. The largest absolute Gasteiger partial charge is 0.306 e. The summed E-state index contributed by atoms with van der Waals surface area (Å²) in [6.07, 6.45) is 1.87. The number of aromatic nitrogens is 1. The number of hydrogen-bond acceptors (Lipinski definition) is 4. The number of fused-ring (bicyclic) bond motifs is 1. The molecule has 3 rings (SSSR count). The molecule has 0 aliphatic carbocycles. The number of thiazole rings is 1. The molecule has 1 aliphatic rings. The van der Waals surface area contributed by atoms with Crippen LogP contribution in [0.15, 0.2) is 12.1 Å². The molecule has 1 unspecified atom stereocenters. The van der Waals surface area contributed by atoms with Gasteiger partial charge in [-0.15, -0.1) is 12.4 Å². The van der Waals surface area contributed by atoms with Gasteiger partial charge in [0.1, 0.15) is 5.82 Å². The van der Waals surface area contributed by atoms with Crippen molar-refractivity contribution >= 4 is 45.0 Å². The lowest BCUT2D eigenvalue weighted by molar-refractivity contribution is -0.117. The number of nitrogens with zero attached hydrogens (tertiary/aromatic N) is 1. The molecule has 2 aromatic rings. The zero-order valence-corrected chi connectivity index (χ0v) is 12.5. The second-order valence-electron chi connectivity index (χ2n) is 4.68. The maximum atomic E-state index is 13.4. The molecule has 0 saturated carbocycles. The highest BCUT2D eigenvalue weighted by molar-refractivity contribution is 7.22. The van der Waals surface area contributed by atoms with E-state index in [1.54, 1.807) is 13.0 Å². The molecule has 4 nitrogen and oxygen atoms in total. The summed E-state index contributed by atoms with van der Waals surface area (Å²) in [5, 5.41) is 6.47. The molecule has 1 aromatic carbocycles. The van der Waals surface area contributed by atoms with Crippen molar-refractivity contribution in [3.05, 3.63) is 23.5 Å². The summed E-state index contributed by atoms with van der Waals surface area (Å²) >= 11 is 1.37. The van der Waals surface area contributed by atoms with Gasteiger partial charge >= 0.3 is 0 Å². The summed E-state index contributed by atoms with van der Waals surface area (Å²) in [6.45, 7) is 2.57. The molecule has 1 amide bonds. The maximum Gasteiger partial charge on any atom is 0.243 e. The number of benzene rings is 1. The Morgan fingerprint density at radius 3 is 3.05 bits per heavy atom. The van der Waals surface area contributed by atoms with Gasteiger partial charge in [-0.2, -0.15) is 0 Å². The van der Waals surface area contributed by atoms with Crippen LogP contribution in [0.4, 0.5) is 9.52 Å². The summed E-state index contributed by atoms with van der Waals surface area (Å²) in [4.78, 5) is 16.3. The van der Waals surface area contributed by atoms with Crippen LogP contribution < -0.4 is 10.6 Å². The number of carbonyl (C=O) groups excluding carboxylic acids is 1. The number of hydrogen-bond donors (Lipinski definition) is 2. The van der Waals surface area contributed by atoms with Gasteiger partial charge in [0.2, 0.25) is 5.91 Å². The minimum atomic E-state index is -0.270. The van der Waals surface area contributed by atoms with Crippen LogP contribution >= 0.6 is 23.7 Å². The molecule has 1 atom stereocenters. The predicted octanol–water partition coefficient (Wildman–Crippen LogP) is 2.86. The first-order valence-electron chi connectivity index (χ1n) is 6.25. The van der Waals surface area contributed by atoms with Crippen molar-refractivity contribution in [1.82, 2.24) is 10.3 Å². The van der Waals surface area contributed by atoms with Gasteiger partial charge in [0.25, 0.3) is 0 Å². The Hall–Kier alpha value is -1.24. The number of amides is 1. The fourth-order valence-electron chi connectivity index (χ4n) is 2.25. The van der Waals surface area contributed by atoms with Crippen LogP contribution in [0.3, 0.4) is 0 Å². The first-order chi connectivity index (χ1) is 9.15. The molecular weight excluding hydrogens is 301 g/mol. The van der Waals surface area contributed by atoms with Gasteiger partial charge in [-0.1, -0.05) is 11.3 Å². The molecule has 7 heteroatoms. The van der Waals surface area contributed by atoms with Crippen LogP contribution in [0.25, 0.3) is 10.2 Å². The lowest BCUT2D eigenvalue weighted by atomic mass is 10.2. The van der Waals surface area contributed by atoms with Gasteiger partial charge in [0, 0.05) is 5.56 Å². The van der Waals surface area contributed by atoms with E-state index in [9.17, 15) is 9.18 Å². The fraction of sp³-hybridized carbons (Fsp3) is 0.385. The second kappa shape index (κ2) is 6.03. The molecule has 0 spiro atoms. The van der Waals surface area contributed by atoms with Crippen LogP contribution in [0.2, 0.25) is 0 Å². The first kappa shape index (κ1) is 15.2. The minimum Gasteiger partial charge on any atom is -0.306 e. The molecule has 1 saturated heterocycles. The molecule has 2 N–H and O–H groups in total. The molecular formula is C13H15ClFN3OS. The van der Waals surface area contributed by atoms with E-state index in [4.69, 9.17) is 0 Å². The monoisotopic (exact) mass is 315 g/mol. The number of anilines is 1. The Morgan fingerprint density at radius 2 is 2.35 bits per heavy atom. The molecule has 0 radical (unpaired) electrons. The number of aryl methyl sites for hydroxylation is 1. The molecule has 20 heavy (non-hydrogen) atoms. The average Bonchev–Trinajstić information content (AvgIpc) is 3.02. The average molecular weight is 316 g/mol. The van der Waals surface area contributed by atoms with Crippen molar-refractivity contribution in [1.29, 1.82) is 0 Å². The van der Waals surface area contributed by atoms with Crippen LogP contribution in [0.1, 0.15) is 18.4 Å². The first-order valence-corrected chi connectivity index (χ1v) is 7.06. The number of rotatable bonds is 2. The van der Waals surface area contributed by atoms with E-state index in [1.807, 2.05) is 0 Å². The highest BCUT2D eigenvalue weighted by Crippen LogP contribution is 2.29. The topological polar surface area (TPSA) is 54.0 Å². The van der Waals surface area contributed by atoms with E-state index in [-0.39, 0.29) is 30.2 Å². The summed E-state index contributed by atoms with van der Waals surface area (Å²) in [6, 6.07) is 2.99. The molecule has 1 aliphatic heterocycles. The van der Waals surface area contributed by atoms with E-state index in [1.165, 1.54) is 17.4 Å². The quantitative estimate of drug-likeness (QED) is 0.896. The van der Waals surface area contributed by atoms with E-state index in [2.05, 4.69) is 15.6 Å². The lowest BCUT2D eigenvalue weighted by Crippen LogP contribution is -2.35. The Morgan fingerprint density at radius 1 is 1.55 bits per heavy atom. The van der Waals surface area contributed by atoms with Crippen LogP contribution in [0, 0.1) is 12.7 Å². The Kier molecular flexibility index (Phi) is 4.57. The molecule has 108 valence electrons.